The maximum Gasteiger partial charge on any atom is 0.0693 e. The Kier molecular flexibility index (Phi) is 3.67. The van der Waals surface area contributed by atoms with Crippen molar-refractivity contribution in [3.05, 3.63) is 29.8 Å². The Balaban J connectivity index is 1.66. The molecular formula is C16H22OS. The molecule has 2 aliphatic rings. The summed E-state index contributed by atoms with van der Waals surface area (Å²) in [6.07, 6.45) is 6.01. The van der Waals surface area contributed by atoms with Gasteiger partial charge in [-0.3, -0.25) is 0 Å². The molecule has 0 bridgehead atoms. The van der Waals surface area contributed by atoms with Gasteiger partial charge in [0, 0.05) is 10.1 Å². The summed E-state index contributed by atoms with van der Waals surface area (Å²) < 4.78 is 0. The van der Waals surface area contributed by atoms with Gasteiger partial charge in [0.2, 0.25) is 0 Å². The summed E-state index contributed by atoms with van der Waals surface area (Å²) in [5.74, 6) is 1.33. The molecule has 1 aromatic rings. The number of thioether (sulfide) groups is 1. The van der Waals surface area contributed by atoms with Crippen LogP contribution in [0.2, 0.25) is 0 Å². The monoisotopic (exact) mass is 262 g/mol. The Bertz CT molecular complexity index is 392. The molecule has 1 fully saturated rings. The van der Waals surface area contributed by atoms with Crippen molar-refractivity contribution in [3.8, 4) is 0 Å². The van der Waals surface area contributed by atoms with Crippen molar-refractivity contribution in [1.82, 2.24) is 0 Å². The van der Waals surface area contributed by atoms with Crippen LogP contribution in [0, 0.1) is 11.8 Å². The highest BCUT2D eigenvalue weighted by Gasteiger charge is 2.34. The number of rotatable bonds is 2. The van der Waals surface area contributed by atoms with Crippen LogP contribution in [0.25, 0.3) is 0 Å². The van der Waals surface area contributed by atoms with Gasteiger partial charge in [0.1, 0.15) is 0 Å². The Morgan fingerprint density at radius 2 is 2.11 bits per heavy atom. The molecule has 3 rings (SSSR count). The Hall–Kier alpha value is -0.470. The average molecular weight is 262 g/mol. The van der Waals surface area contributed by atoms with Gasteiger partial charge in [0.15, 0.2) is 0 Å². The molecule has 1 saturated carbocycles. The van der Waals surface area contributed by atoms with Crippen LogP contribution in [0.15, 0.2) is 29.2 Å². The minimum Gasteiger partial charge on any atom is -0.392 e. The summed E-state index contributed by atoms with van der Waals surface area (Å²) in [6.45, 7) is 2.33. The number of hydrogen-bond donors (Lipinski definition) is 1. The van der Waals surface area contributed by atoms with Crippen molar-refractivity contribution < 1.29 is 5.11 Å². The first-order valence-corrected chi connectivity index (χ1v) is 8.04. The second kappa shape index (κ2) is 5.26. The van der Waals surface area contributed by atoms with Crippen molar-refractivity contribution >= 4 is 11.8 Å². The van der Waals surface area contributed by atoms with Crippen LogP contribution in [-0.2, 0) is 6.42 Å². The number of benzene rings is 1. The van der Waals surface area contributed by atoms with E-state index in [0.29, 0.717) is 11.2 Å². The molecule has 1 nitrogen and oxygen atoms in total. The van der Waals surface area contributed by atoms with E-state index in [1.54, 1.807) is 0 Å². The third-order valence-corrected chi connectivity index (χ3v) is 5.91. The molecule has 0 amide bonds. The smallest absolute Gasteiger partial charge is 0.0693 e. The quantitative estimate of drug-likeness (QED) is 0.872. The summed E-state index contributed by atoms with van der Waals surface area (Å²) in [4.78, 5) is 1.38. The van der Waals surface area contributed by atoms with E-state index >= 15 is 0 Å². The Labute approximate surface area is 114 Å². The summed E-state index contributed by atoms with van der Waals surface area (Å²) in [6, 6.07) is 8.61. The zero-order valence-corrected chi connectivity index (χ0v) is 11.8. The number of hydrogen-bond acceptors (Lipinski definition) is 2. The lowest BCUT2D eigenvalue weighted by Crippen LogP contribution is -2.34. The third kappa shape index (κ3) is 2.46. The van der Waals surface area contributed by atoms with Gasteiger partial charge >= 0.3 is 0 Å². The molecule has 4 atom stereocenters. The van der Waals surface area contributed by atoms with E-state index in [-0.39, 0.29) is 6.10 Å². The zero-order valence-electron chi connectivity index (χ0n) is 11.0. The van der Waals surface area contributed by atoms with Gasteiger partial charge in [0.05, 0.1) is 6.10 Å². The number of aliphatic hydroxyl groups is 1. The lowest BCUT2D eigenvalue weighted by Gasteiger charge is -2.33. The molecule has 0 spiro atoms. The molecule has 98 valence electrons. The molecular weight excluding hydrogens is 240 g/mol. The number of fused-ring (bicyclic) bond motifs is 1. The van der Waals surface area contributed by atoms with E-state index in [1.807, 2.05) is 11.8 Å². The lowest BCUT2D eigenvalue weighted by molar-refractivity contribution is 0.0704. The highest BCUT2D eigenvalue weighted by atomic mass is 32.2. The highest BCUT2D eigenvalue weighted by molar-refractivity contribution is 8.00. The minimum absolute atomic E-state index is 0.120. The van der Waals surface area contributed by atoms with Crippen LogP contribution in [0.1, 0.15) is 38.2 Å². The topological polar surface area (TPSA) is 20.2 Å². The van der Waals surface area contributed by atoms with E-state index in [0.717, 1.165) is 12.3 Å². The molecule has 1 aliphatic carbocycles. The molecule has 2 heteroatoms. The second-order valence-electron chi connectivity index (χ2n) is 5.99. The SMILES string of the molecule is CC1CCCC(C(O)C2Cc3ccccc3S2)C1. The summed E-state index contributed by atoms with van der Waals surface area (Å²) in [5, 5.41) is 11.0. The lowest BCUT2D eigenvalue weighted by atomic mass is 9.78. The molecule has 4 unspecified atom stereocenters. The van der Waals surface area contributed by atoms with E-state index < -0.39 is 0 Å². The zero-order chi connectivity index (χ0) is 12.5. The fraction of sp³-hybridized carbons (Fsp3) is 0.625. The second-order valence-corrected chi connectivity index (χ2v) is 7.27. The number of aliphatic hydroxyl groups excluding tert-OH is 1. The van der Waals surface area contributed by atoms with Gasteiger partial charge in [-0.05, 0) is 42.7 Å². The molecule has 0 saturated heterocycles. The normalized spacial score (nSPS) is 33.1. The van der Waals surface area contributed by atoms with Crippen molar-refractivity contribution in [2.45, 2.75) is 55.3 Å². The maximum absolute atomic E-state index is 10.6. The molecule has 1 N–H and O–H groups in total. The largest absolute Gasteiger partial charge is 0.392 e. The van der Waals surface area contributed by atoms with E-state index in [2.05, 4.69) is 31.2 Å². The van der Waals surface area contributed by atoms with Gasteiger partial charge < -0.3 is 5.11 Å². The van der Waals surface area contributed by atoms with Crippen molar-refractivity contribution in [2.24, 2.45) is 11.8 Å². The van der Waals surface area contributed by atoms with Crippen LogP contribution in [0.3, 0.4) is 0 Å². The van der Waals surface area contributed by atoms with Gasteiger partial charge in [-0.25, -0.2) is 0 Å². The maximum atomic E-state index is 10.6. The summed E-state index contributed by atoms with van der Waals surface area (Å²) in [5.41, 5.74) is 1.43. The van der Waals surface area contributed by atoms with Crippen LogP contribution < -0.4 is 0 Å². The van der Waals surface area contributed by atoms with Gasteiger partial charge in [-0.1, -0.05) is 38.0 Å². The molecule has 0 aromatic heterocycles. The predicted molar refractivity (Wildman–Crippen MR) is 76.9 cm³/mol. The molecule has 18 heavy (non-hydrogen) atoms. The van der Waals surface area contributed by atoms with Gasteiger partial charge in [-0.2, -0.15) is 0 Å². The van der Waals surface area contributed by atoms with Gasteiger partial charge in [0.25, 0.3) is 0 Å². The van der Waals surface area contributed by atoms with E-state index in [1.165, 1.54) is 36.1 Å². The summed E-state index contributed by atoms with van der Waals surface area (Å²) in [7, 11) is 0. The van der Waals surface area contributed by atoms with E-state index in [4.69, 9.17) is 0 Å². The Morgan fingerprint density at radius 1 is 1.28 bits per heavy atom. The van der Waals surface area contributed by atoms with Crippen molar-refractivity contribution in [2.75, 3.05) is 0 Å². The summed E-state index contributed by atoms with van der Waals surface area (Å²) >= 11 is 1.89. The first-order valence-electron chi connectivity index (χ1n) is 7.16. The molecule has 1 aromatic carbocycles. The standard InChI is InChI=1S/C16H22OS/c1-11-5-4-7-13(9-11)16(17)15-10-12-6-2-3-8-14(12)18-15/h2-3,6,8,11,13,15-17H,4-5,7,9-10H2,1H3. The fourth-order valence-corrected chi connectivity index (χ4v) is 4.90. The molecule has 1 aliphatic heterocycles. The first kappa shape index (κ1) is 12.6. The van der Waals surface area contributed by atoms with Crippen molar-refractivity contribution in [3.63, 3.8) is 0 Å². The van der Waals surface area contributed by atoms with Gasteiger partial charge in [-0.15, -0.1) is 11.8 Å². The Morgan fingerprint density at radius 3 is 2.89 bits per heavy atom. The van der Waals surface area contributed by atoms with Crippen molar-refractivity contribution in [1.29, 1.82) is 0 Å². The predicted octanol–water partition coefficient (Wildman–Crippen LogP) is 3.89. The molecule has 1 heterocycles. The first-order chi connectivity index (χ1) is 8.74. The average Bonchev–Trinajstić information content (AvgIpc) is 2.81. The fourth-order valence-electron chi connectivity index (χ4n) is 3.49. The third-order valence-electron chi connectivity index (χ3n) is 4.51. The van der Waals surface area contributed by atoms with Crippen LogP contribution in [0.4, 0.5) is 0 Å². The van der Waals surface area contributed by atoms with E-state index in [9.17, 15) is 5.11 Å². The van der Waals surface area contributed by atoms with Crippen LogP contribution in [0.5, 0.6) is 0 Å². The van der Waals surface area contributed by atoms with Crippen LogP contribution in [-0.4, -0.2) is 16.5 Å². The molecule has 0 radical (unpaired) electrons. The minimum atomic E-state index is -0.120. The highest BCUT2D eigenvalue weighted by Crippen LogP contribution is 2.42. The van der Waals surface area contributed by atoms with Crippen LogP contribution >= 0.6 is 11.8 Å².